The van der Waals surface area contributed by atoms with Crippen LogP contribution in [0.5, 0.6) is 0 Å². The predicted molar refractivity (Wildman–Crippen MR) is 95.0 cm³/mol. The Morgan fingerprint density at radius 3 is 2.33 bits per heavy atom. The van der Waals surface area contributed by atoms with Gasteiger partial charge >= 0.3 is 0 Å². The summed E-state index contributed by atoms with van der Waals surface area (Å²) in [6, 6.07) is 0.889. The Hall–Kier alpha value is -0.810. The minimum Gasteiger partial charge on any atom is -0.353 e. The number of piperidine rings is 1. The monoisotopic (exact) mass is 355 g/mol. The van der Waals surface area contributed by atoms with Crippen molar-refractivity contribution >= 4 is 24.2 Å². The van der Waals surface area contributed by atoms with Gasteiger partial charge in [0.25, 0.3) is 0 Å². The van der Waals surface area contributed by atoms with Crippen molar-refractivity contribution in [3.05, 3.63) is 0 Å². The number of halogens is 1. The molecule has 4 aliphatic rings. The minimum absolute atomic E-state index is 0. The Balaban J connectivity index is 0.00000169. The van der Waals surface area contributed by atoms with E-state index < -0.39 is 0 Å². The number of carbonyl (C=O) groups is 2. The number of nitrogens with one attached hydrogen (secondary N) is 2. The Morgan fingerprint density at radius 1 is 0.958 bits per heavy atom. The Morgan fingerprint density at radius 2 is 1.67 bits per heavy atom. The lowest BCUT2D eigenvalue weighted by atomic mass is 9.85. The Kier molecular flexibility index (Phi) is 5.70. The normalized spacial score (nSPS) is 33.5. The average molecular weight is 356 g/mol. The highest BCUT2D eigenvalue weighted by molar-refractivity contribution is 5.85. The van der Waals surface area contributed by atoms with Crippen LogP contribution in [0.4, 0.5) is 0 Å². The molecule has 0 bridgehead atoms. The summed E-state index contributed by atoms with van der Waals surface area (Å²) >= 11 is 0. The van der Waals surface area contributed by atoms with Crippen molar-refractivity contribution in [2.45, 2.75) is 75.9 Å². The van der Waals surface area contributed by atoms with E-state index in [0.29, 0.717) is 17.9 Å². The molecule has 136 valence electrons. The second kappa shape index (κ2) is 7.61. The van der Waals surface area contributed by atoms with E-state index in [1.807, 2.05) is 4.90 Å². The lowest BCUT2D eigenvalue weighted by Crippen LogP contribution is -2.51. The average Bonchev–Trinajstić information content (AvgIpc) is 3.34. The molecule has 2 saturated carbocycles. The van der Waals surface area contributed by atoms with Gasteiger partial charge in [-0.3, -0.25) is 9.59 Å². The van der Waals surface area contributed by atoms with Crippen LogP contribution in [0.15, 0.2) is 0 Å². The van der Waals surface area contributed by atoms with E-state index in [9.17, 15) is 9.59 Å². The zero-order chi connectivity index (χ0) is 15.8. The largest absolute Gasteiger partial charge is 0.353 e. The molecule has 2 heterocycles. The first-order chi connectivity index (χ1) is 11.2. The second-order valence-electron chi connectivity index (χ2n) is 7.99. The molecule has 2 aliphatic carbocycles. The van der Waals surface area contributed by atoms with Gasteiger partial charge in [-0.15, -0.1) is 12.4 Å². The number of hydrogen-bond donors (Lipinski definition) is 2. The molecular formula is C18H30ClN3O2. The van der Waals surface area contributed by atoms with Crippen LogP contribution in [0.2, 0.25) is 0 Å². The van der Waals surface area contributed by atoms with E-state index in [0.717, 1.165) is 45.2 Å². The zero-order valence-electron chi connectivity index (χ0n) is 14.3. The molecule has 0 aromatic heterocycles. The third-order valence-electron chi connectivity index (χ3n) is 6.26. The van der Waals surface area contributed by atoms with Gasteiger partial charge in [0.15, 0.2) is 0 Å². The van der Waals surface area contributed by atoms with Gasteiger partial charge in [0.1, 0.15) is 0 Å². The highest BCUT2D eigenvalue weighted by Gasteiger charge is 2.40. The maximum Gasteiger partial charge on any atom is 0.239 e. The minimum atomic E-state index is 0. The molecule has 3 atom stereocenters. The van der Waals surface area contributed by atoms with Gasteiger partial charge < -0.3 is 15.5 Å². The van der Waals surface area contributed by atoms with Crippen molar-refractivity contribution in [2.75, 3.05) is 13.1 Å². The molecule has 0 spiro atoms. The van der Waals surface area contributed by atoms with Crippen LogP contribution < -0.4 is 10.6 Å². The fourth-order valence-electron chi connectivity index (χ4n) is 4.64. The molecule has 3 unspecified atom stereocenters. The number of rotatable bonds is 3. The predicted octanol–water partition coefficient (Wildman–Crippen LogP) is 1.85. The fourth-order valence-corrected chi connectivity index (χ4v) is 4.64. The van der Waals surface area contributed by atoms with E-state index >= 15 is 0 Å². The third kappa shape index (κ3) is 3.88. The van der Waals surface area contributed by atoms with E-state index in [4.69, 9.17) is 0 Å². The summed E-state index contributed by atoms with van der Waals surface area (Å²) < 4.78 is 0. The molecule has 2 saturated heterocycles. The van der Waals surface area contributed by atoms with E-state index in [2.05, 4.69) is 10.6 Å². The number of carbonyl (C=O) groups excluding carboxylic acids is 2. The molecule has 0 radical (unpaired) electrons. The topological polar surface area (TPSA) is 61.4 Å². The van der Waals surface area contributed by atoms with Crippen molar-refractivity contribution < 1.29 is 9.59 Å². The van der Waals surface area contributed by atoms with Crippen LogP contribution in [0.25, 0.3) is 0 Å². The molecule has 24 heavy (non-hydrogen) atoms. The van der Waals surface area contributed by atoms with Crippen molar-refractivity contribution in [1.29, 1.82) is 0 Å². The number of nitrogens with zero attached hydrogens (tertiary/aromatic N) is 1. The van der Waals surface area contributed by atoms with Crippen molar-refractivity contribution in [2.24, 2.45) is 11.8 Å². The number of amides is 2. The van der Waals surface area contributed by atoms with E-state index in [1.54, 1.807) is 0 Å². The van der Waals surface area contributed by atoms with Gasteiger partial charge in [-0.1, -0.05) is 12.8 Å². The smallest absolute Gasteiger partial charge is 0.239 e. The van der Waals surface area contributed by atoms with Gasteiger partial charge in [0.05, 0.1) is 6.04 Å². The molecule has 6 heteroatoms. The molecule has 2 aliphatic heterocycles. The van der Waals surface area contributed by atoms with Crippen molar-refractivity contribution in [3.63, 3.8) is 0 Å². The third-order valence-corrected chi connectivity index (χ3v) is 6.26. The highest BCUT2D eigenvalue weighted by Crippen LogP contribution is 2.34. The van der Waals surface area contributed by atoms with Crippen LogP contribution in [-0.4, -0.2) is 47.9 Å². The Labute approximate surface area is 150 Å². The van der Waals surface area contributed by atoms with E-state index in [1.165, 1.54) is 25.7 Å². The summed E-state index contributed by atoms with van der Waals surface area (Å²) in [5.74, 6) is 1.52. The summed E-state index contributed by atoms with van der Waals surface area (Å²) in [5.41, 5.74) is 0. The first-order valence-corrected chi connectivity index (χ1v) is 9.56. The maximum absolute atomic E-state index is 12.8. The molecule has 4 fully saturated rings. The highest BCUT2D eigenvalue weighted by atomic mass is 35.5. The van der Waals surface area contributed by atoms with Gasteiger partial charge in [-0.05, 0) is 50.9 Å². The molecule has 4 rings (SSSR count). The summed E-state index contributed by atoms with van der Waals surface area (Å²) in [7, 11) is 0. The van der Waals surface area contributed by atoms with Crippen molar-refractivity contribution in [3.8, 4) is 0 Å². The summed E-state index contributed by atoms with van der Waals surface area (Å²) in [4.78, 5) is 26.6. The first kappa shape index (κ1) is 18.0. The van der Waals surface area contributed by atoms with Crippen LogP contribution >= 0.6 is 12.4 Å². The van der Waals surface area contributed by atoms with Crippen LogP contribution in [0.3, 0.4) is 0 Å². The molecule has 2 N–H and O–H groups in total. The first-order valence-electron chi connectivity index (χ1n) is 9.56. The number of likely N-dealkylation sites (tertiary alicyclic amines) is 1. The SMILES string of the molecule is Cl.O=C(NC1CCN(C(=O)C2CC3CCCCC3N2)CC1)C1CC1. The molecule has 0 aromatic carbocycles. The molecule has 5 nitrogen and oxygen atoms in total. The quantitative estimate of drug-likeness (QED) is 0.812. The molecular weight excluding hydrogens is 326 g/mol. The molecule has 0 aromatic rings. The summed E-state index contributed by atoms with van der Waals surface area (Å²) in [6.07, 6.45) is 10.1. The van der Waals surface area contributed by atoms with Gasteiger partial charge in [-0.2, -0.15) is 0 Å². The number of hydrogen-bond acceptors (Lipinski definition) is 3. The fraction of sp³-hybridized carbons (Fsp3) is 0.889. The standard InChI is InChI=1S/C18H29N3O2.ClH/c22-17(12-5-6-12)19-14-7-9-21(10-8-14)18(23)16-11-13-3-1-2-4-15(13)20-16;/h12-16,20H,1-11H2,(H,19,22);1H. The van der Waals surface area contributed by atoms with Crippen LogP contribution in [0, 0.1) is 11.8 Å². The summed E-state index contributed by atoms with van der Waals surface area (Å²) in [5, 5.41) is 6.75. The van der Waals surface area contributed by atoms with Gasteiger partial charge in [0, 0.05) is 31.1 Å². The van der Waals surface area contributed by atoms with E-state index in [-0.39, 0.29) is 36.3 Å². The van der Waals surface area contributed by atoms with Gasteiger partial charge in [0.2, 0.25) is 11.8 Å². The van der Waals surface area contributed by atoms with Crippen molar-refractivity contribution in [1.82, 2.24) is 15.5 Å². The van der Waals surface area contributed by atoms with Crippen LogP contribution in [0.1, 0.15) is 57.8 Å². The zero-order valence-corrected chi connectivity index (χ0v) is 15.2. The lowest BCUT2D eigenvalue weighted by Gasteiger charge is -2.34. The summed E-state index contributed by atoms with van der Waals surface area (Å²) in [6.45, 7) is 1.59. The van der Waals surface area contributed by atoms with Gasteiger partial charge in [-0.25, -0.2) is 0 Å². The second-order valence-corrected chi connectivity index (χ2v) is 7.99. The maximum atomic E-state index is 12.8. The lowest BCUT2D eigenvalue weighted by molar-refractivity contribution is -0.134. The van der Waals surface area contributed by atoms with Crippen LogP contribution in [-0.2, 0) is 9.59 Å². The Bertz CT molecular complexity index is 461. The molecule has 2 amide bonds. The number of fused-ring (bicyclic) bond motifs is 1.